The highest BCUT2D eigenvalue weighted by atomic mass is 16.5. The molecule has 15 heavy (non-hydrogen) atoms. The summed E-state index contributed by atoms with van der Waals surface area (Å²) in [7, 11) is 1.79. The van der Waals surface area contributed by atoms with Gasteiger partial charge in [-0.1, -0.05) is 30.3 Å². The first-order valence-electron chi connectivity index (χ1n) is 5.56. The van der Waals surface area contributed by atoms with Crippen molar-refractivity contribution in [2.24, 2.45) is 0 Å². The summed E-state index contributed by atoms with van der Waals surface area (Å²) in [5, 5.41) is 3.37. The molecule has 1 atom stereocenters. The van der Waals surface area contributed by atoms with Crippen molar-refractivity contribution in [3.8, 4) is 0 Å². The van der Waals surface area contributed by atoms with Gasteiger partial charge in [-0.15, -0.1) is 0 Å². The fraction of sp³-hybridized carbons (Fsp3) is 0.538. The second-order valence-corrected chi connectivity index (χ2v) is 4.50. The van der Waals surface area contributed by atoms with Gasteiger partial charge >= 0.3 is 0 Å². The van der Waals surface area contributed by atoms with Gasteiger partial charge in [-0.25, -0.2) is 0 Å². The van der Waals surface area contributed by atoms with Gasteiger partial charge in [0.1, 0.15) is 0 Å². The van der Waals surface area contributed by atoms with E-state index in [9.17, 15) is 0 Å². The van der Waals surface area contributed by atoms with Crippen LogP contribution in [0.15, 0.2) is 30.3 Å². The average molecular weight is 205 g/mol. The summed E-state index contributed by atoms with van der Waals surface area (Å²) < 4.78 is 5.38. The van der Waals surface area contributed by atoms with Crippen LogP contribution in [0.5, 0.6) is 0 Å². The monoisotopic (exact) mass is 205 g/mol. The van der Waals surface area contributed by atoms with Crippen LogP contribution in [0.2, 0.25) is 0 Å². The number of benzene rings is 1. The first kappa shape index (κ1) is 10.7. The van der Waals surface area contributed by atoms with Crippen LogP contribution in [-0.4, -0.2) is 26.3 Å². The third-order valence-corrected chi connectivity index (χ3v) is 3.39. The molecule has 2 heteroatoms. The molecule has 1 saturated heterocycles. The molecule has 0 saturated carbocycles. The maximum absolute atomic E-state index is 5.38. The fourth-order valence-electron chi connectivity index (χ4n) is 2.32. The molecule has 0 bridgehead atoms. The van der Waals surface area contributed by atoms with Crippen LogP contribution in [-0.2, 0) is 10.2 Å². The van der Waals surface area contributed by atoms with E-state index in [1.54, 1.807) is 7.11 Å². The smallest absolute Gasteiger partial charge is 0.0552 e. The Morgan fingerprint density at radius 2 is 2.00 bits per heavy atom. The lowest BCUT2D eigenvalue weighted by Crippen LogP contribution is -2.58. The average Bonchev–Trinajstić information content (AvgIpc) is 2.24. The standard InChI is InChI=1S/C13H19NO/c1-11(15-2)8-13(9-14-10-13)12-6-4-3-5-7-12/h3-7,11,14H,8-10H2,1-2H3. The topological polar surface area (TPSA) is 21.3 Å². The Bertz CT molecular complexity index is 306. The number of rotatable bonds is 4. The van der Waals surface area contributed by atoms with Crippen LogP contribution in [0.1, 0.15) is 18.9 Å². The fourth-order valence-corrected chi connectivity index (χ4v) is 2.32. The first-order valence-corrected chi connectivity index (χ1v) is 5.56. The molecular formula is C13H19NO. The van der Waals surface area contributed by atoms with Gasteiger partial charge in [0.15, 0.2) is 0 Å². The highest BCUT2D eigenvalue weighted by molar-refractivity contribution is 5.29. The van der Waals surface area contributed by atoms with Crippen molar-refractivity contribution in [2.45, 2.75) is 24.9 Å². The van der Waals surface area contributed by atoms with Gasteiger partial charge < -0.3 is 10.1 Å². The Kier molecular flexibility index (Phi) is 3.08. The van der Waals surface area contributed by atoms with Gasteiger partial charge in [0.25, 0.3) is 0 Å². The molecule has 2 rings (SSSR count). The predicted molar refractivity (Wildman–Crippen MR) is 62.1 cm³/mol. The van der Waals surface area contributed by atoms with E-state index in [2.05, 4.69) is 42.6 Å². The molecule has 0 amide bonds. The Labute approximate surface area is 91.6 Å². The number of ether oxygens (including phenoxy) is 1. The van der Waals surface area contributed by atoms with Gasteiger partial charge in [0.05, 0.1) is 6.10 Å². The van der Waals surface area contributed by atoms with Gasteiger partial charge in [-0.2, -0.15) is 0 Å². The van der Waals surface area contributed by atoms with E-state index in [1.807, 2.05) is 0 Å². The highest BCUT2D eigenvalue weighted by Gasteiger charge is 2.39. The summed E-state index contributed by atoms with van der Waals surface area (Å²) in [5.74, 6) is 0. The number of methoxy groups -OCH3 is 1. The van der Waals surface area contributed by atoms with E-state index < -0.39 is 0 Å². The molecule has 0 aromatic heterocycles. The van der Waals surface area contributed by atoms with E-state index in [0.717, 1.165) is 19.5 Å². The zero-order valence-corrected chi connectivity index (χ0v) is 9.49. The van der Waals surface area contributed by atoms with Gasteiger partial charge in [0, 0.05) is 25.6 Å². The van der Waals surface area contributed by atoms with Crippen molar-refractivity contribution in [1.82, 2.24) is 5.32 Å². The Morgan fingerprint density at radius 3 is 2.47 bits per heavy atom. The van der Waals surface area contributed by atoms with Crippen molar-refractivity contribution in [3.63, 3.8) is 0 Å². The summed E-state index contributed by atoms with van der Waals surface area (Å²) in [4.78, 5) is 0. The Balaban J connectivity index is 2.15. The minimum atomic E-state index is 0.302. The summed E-state index contributed by atoms with van der Waals surface area (Å²) in [5.41, 5.74) is 1.74. The second kappa shape index (κ2) is 4.33. The summed E-state index contributed by atoms with van der Waals surface area (Å²) in [6, 6.07) is 10.8. The largest absolute Gasteiger partial charge is 0.382 e. The Hall–Kier alpha value is -0.860. The zero-order valence-electron chi connectivity index (χ0n) is 9.49. The molecule has 82 valence electrons. The molecule has 2 nitrogen and oxygen atoms in total. The minimum Gasteiger partial charge on any atom is -0.382 e. The predicted octanol–water partition coefficient (Wildman–Crippen LogP) is 1.95. The zero-order chi connectivity index (χ0) is 10.7. The quantitative estimate of drug-likeness (QED) is 0.811. The lowest BCUT2D eigenvalue weighted by Gasteiger charge is -2.44. The van der Waals surface area contributed by atoms with Crippen LogP contribution in [0.3, 0.4) is 0 Å². The lowest BCUT2D eigenvalue weighted by atomic mass is 9.71. The molecule has 0 radical (unpaired) electrons. The van der Waals surface area contributed by atoms with Crippen molar-refractivity contribution in [3.05, 3.63) is 35.9 Å². The number of hydrogen-bond acceptors (Lipinski definition) is 2. The lowest BCUT2D eigenvalue weighted by molar-refractivity contribution is 0.0717. The molecule has 1 N–H and O–H groups in total. The van der Waals surface area contributed by atoms with Crippen LogP contribution < -0.4 is 5.32 Å². The van der Waals surface area contributed by atoms with Crippen molar-refractivity contribution >= 4 is 0 Å². The van der Waals surface area contributed by atoms with Crippen LogP contribution >= 0.6 is 0 Å². The van der Waals surface area contributed by atoms with Crippen LogP contribution in [0.4, 0.5) is 0 Å². The molecule has 0 aliphatic carbocycles. The van der Waals surface area contributed by atoms with Gasteiger partial charge in [-0.05, 0) is 18.9 Å². The number of nitrogens with one attached hydrogen (secondary N) is 1. The van der Waals surface area contributed by atoms with Crippen molar-refractivity contribution in [2.75, 3.05) is 20.2 Å². The summed E-state index contributed by atoms with van der Waals surface area (Å²) in [6.45, 7) is 4.29. The van der Waals surface area contributed by atoms with E-state index in [0.29, 0.717) is 11.5 Å². The molecule has 1 aromatic carbocycles. The van der Waals surface area contributed by atoms with E-state index >= 15 is 0 Å². The molecule has 1 aliphatic heterocycles. The third kappa shape index (κ3) is 2.06. The molecule has 1 aliphatic rings. The molecular weight excluding hydrogens is 186 g/mol. The van der Waals surface area contributed by atoms with Crippen molar-refractivity contribution < 1.29 is 4.74 Å². The van der Waals surface area contributed by atoms with Gasteiger partial charge in [0.2, 0.25) is 0 Å². The SMILES string of the molecule is COC(C)CC1(c2ccccc2)CNC1. The van der Waals surface area contributed by atoms with E-state index in [1.165, 1.54) is 5.56 Å². The third-order valence-electron chi connectivity index (χ3n) is 3.39. The molecule has 0 spiro atoms. The summed E-state index contributed by atoms with van der Waals surface area (Å²) in [6.07, 6.45) is 1.42. The summed E-state index contributed by atoms with van der Waals surface area (Å²) >= 11 is 0. The van der Waals surface area contributed by atoms with Crippen LogP contribution in [0.25, 0.3) is 0 Å². The van der Waals surface area contributed by atoms with E-state index in [-0.39, 0.29) is 0 Å². The Morgan fingerprint density at radius 1 is 1.33 bits per heavy atom. The van der Waals surface area contributed by atoms with Crippen LogP contribution in [0, 0.1) is 0 Å². The minimum absolute atomic E-state index is 0.302. The van der Waals surface area contributed by atoms with Crippen molar-refractivity contribution in [1.29, 1.82) is 0 Å². The van der Waals surface area contributed by atoms with E-state index in [4.69, 9.17) is 4.74 Å². The first-order chi connectivity index (χ1) is 7.27. The molecule has 1 heterocycles. The maximum atomic E-state index is 5.38. The number of hydrogen-bond donors (Lipinski definition) is 1. The molecule has 1 unspecified atom stereocenters. The normalized spacial score (nSPS) is 20.7. The maximum Gasteiger partial charge on any atom is 0.0552 e. The second-order valence-electron chi connectivity index (χ2n) is 4.50. The molecule has 1 fully saturated rings. The van der Waals surface area contributed by atoms with Gasteiger partial charge in [-0.3, -0.25) is 0 Å². The molecule has 1 aromatic rings. The highest BCUT2D eigenvalue weighted by Crippen LogP contribution is 2.33.